The van der Waals surface area contributed by atoms with Gasteiger partial charge in [0.05, 0.1) is 11.3 Å². The Kier molecular flexibility index (Phi) is 3.22. The maximum Gasteiger partial charge on any atom is 0.163 e. The van der Waals surface area contributed by atoms with Crippen molar-refractivity contribution in [3.05, 3.63) is 24.0 Å². The monoisotopic (exact) mass is 218 g/mol. The molecule has 1 aromatic rings. The first kappa shape index (κ1) is 11.1. The van der Waals surface area contributed by atoms with Gasteiger partial charge in [-0.1, -0.05) is 6.92 Å². The molecular formula is C13H18N2O. The molecule has 3 nitrogen and oxygen atoms in total. The van der Waals surface area contributed by atoms with Gasteiger partial charge in [0.15, 0.2) is 5.78 Å². The lowest BCUT2D eigenvalue weighted by Crippen LogP contribution is -2.33. The number of carbonyl (C=O) groups excluding carboxylic acids is 1. The molecule has 1 aromatic heterocycles. The lowest BCUT2D eigenvalue weighted by atomic mass is 9.98. The number of aromatic nitrogens is 1. The van der Waals surface area contributed by atoms with Gasteiger partial charge in [-0.25, -0.2) is 0 Å². The zero-order valence-corrected chi connectivity index (χ0v) is 9.94. The maximum atomic E-state index is 11.5. The molecule has 0 unspecified atom stereocenters. The average molecular weight is 218 g/mol. The first-order valence-corrected chi connectivity index (χ1v) is 5.88. The molecule has 0 radical (unpaired) electrons. The van der Waals surface area contributed by atoms with Crippen molar-refractivity contribution in [2.45, 2.75) is 26.7 Å². The third-order valence-corrected chi connectivity index (χ3v) is 3.30. The summed E-state index contributed by atoms with van der Waals surface area (Å²) in [6, 6.07) is 1.95. The molecule has 86 valence electrons. The Bertz CT molecular complexity index is 381. The molecule has 1 aliphatic rings. The van der Waals surface area contributed by atoms with Gasteiger partial charge in [-0.15, -0.1) is 0 Å². The average Bonchev–Trinajstić information content (AvgIpc) is 2.30. The highest BCUT2D eigenvalue weighted by Crippen LogP contribution is 2.25. The van der Waals surface area contributed by atoms with Crippen molar-refractivity contribution < 1.29 is 4.79 Å². The van der Waals surface area contributed by atoms with Crippen LogP contribution in [-0.2, 0) is 0 Å². The van der Waals surface area contributed by atoms with Gasteiger partial charge in [0.1, 0.15) is 0 Å². The standard InChI is InChI=1S/C13H18N2O/c1-10-4-7-15(8-5-10)13-3-6-14-9-12(13)11(2)16/h3,6,9-10H,4-5,7-8H2,1-2H3. The zero-order chi connectivity index (χ0) is 11.5. The number of carbonyl (C=O) groups is 1. The van der Waals surface area contributed by atoms with Crippen molar-refractivity contribution in [3.8, 4) is 0 Å². The molecule has 0 spiro atoms. The highest BCUT2D eigenvalue weighted by molar-refractivity contribution is 5.99. The second kappa shape index (κ2) is 4.64. The van der Waals surface area contributed by atoms with Crippen LogP contribution in [0.2, 0.25) is 0 Å². The van der Waals surface area contributed by atoms with Gasteiger partial charge in [0, 0.05) is 25.5 Å². The van der Waals surface area contributed by atoms with Crippen molar-refractivity contribution in [1.29, 1.82) is 0 Å². The van der Waals surface area contributed by atoms with Gasteiger partial charge in [-0.2, -0.15) is 0 Å². The predicted molar refractivity (Wildman–Crippen MR) is 64.9 cm³/mol. The van der Waals surface area contributed by atoms with Crippen LogP contribution in [0.1, 0.15) is 37.0 Å². The summed E-state index contributed by atoms with van der Waals surface area (Å²) in [5, 5.41) is 0. The molecule has 0 aliphatic carbocycles. The van der Waals surface area contributed by atoms with Crippen LogP contribution < -0.4 is 4.90 Å². The normalized spacial score (nSPS) is 17.5. The van der Waals surface area contributed by atoms with Gasteiger partial charge in [-0.05, 0) is 31.7 Å². The summed E-state index contributed by atoms with van der Waals surface area (Å²) in [4.78, 5) is 17.8. The van der Waals surface area contributed by atoms with Crippen molar-refractivity contribution in [3.63, 3.8) is 0 Å². The fraction of sp³-hybridized carbons (Fsp3) is 0.538. The number of pyridine rings is 1. The molecule has 0 aromatic carbocycles. The summed E-state index contributed by atoms with van der Waals surface area (Å²) < 4.78 is 0. The SMILES string of the molecule is CC(=O)c1cnccc1N1CCC(C)CC1. The van der Waals surface area contributed by atoms with Crippen molar-refractivity contribution in [2.75, 3.05) is 18.0 Å². The quantitative estimate of drug-likeness (QED) is 0.715. The van der Waals surface area contributed by atoms with E-state index in [4.69, 9.17) is 0 Å². The fourth-order valence-electron chi connectivity index (χ4n) is 2.18. The molecule has 0 saturated carbocycles. The van der Waals surface area contributed by atoms with E-state index in [9.17, 15) is 4.79 Å². The van der Waals surface area contributed by atoms with Crippen LogP contribution in [-0.4, -0.2) is 23.9 Å². The summed E-state index contributed by atoms with van der Waals surface area (Å²) >= 11 is 0. The molecule has 0 bridgehead atoms. The van der Waals surface area contributed by atoms with Gasteiger partial charge >= 0.3 is 0 Å². The number of piperidine rings is 1. The number of anilines is 1. The first-order chi connectivity index (χ1) is 7.68. The molecule has 0 atom stereocenters. The largest absolute Gasteiger partial charge is 0.371 e. The molecule has 16 heavy (non-hydrogen) atoms. The van der Waals surface area contributed by atoms with Crippen molar-refractivity contribution in [2.24, 2.45) is 5.92 Å². The number of ketones is 1. The van der Waals surface area contributed by atoms with Crippen LogP contribution in [0, 0.1) is 5.92 Å². The van der Waals surface area contributed by atoms with Gasteiger partial charge < -0.3 is 4.90 Å². The Morgan fingerprint density at radius 2 is 2.12 bits per heavy atom. The number of Topliss-reactive ketones (excluding diaryl/α,β-unsaturated/α-hetero) is 1. The van der Waals surface area contributed by atoms with Crippen LogP contribution >= 0.6 is 0 Å². The molecule has 1 saturated heterocycles. The Morgan fingerprint density at radius 1 is 1.44 bits per heavy atom. The highest BCUT2D eigenvalue weighted by atomic mass is 16.1. The number of rotatable bonds is 2. The maximum absolute atomic E-state index is 11.5. The molecule has 0 amide bonds. The minimum absolute atomic E-state index is 0.0988. The van der Waals surface area contributed by atoms with Crippen LogP contribution in [0.5, 0.6) is 0 Å². The Labute approximate surface area is 96.5 Å². The second-order valence-electron chi connectivity index (χ2n) is 4.62. The van der Waals surface area contributed by atoms with Crippen LogP contribution in [0.15, 0.2) is 18.5 Å². The molecule has 2 rings (SSSR count). The third kappa shape index (κ3) is 2.23. The molecule has 1 aliphatic heterocycles. The van der Waals surface area contributed by atoms with Crippen LogP contribution in [0.25, 0.3) is 0 Å². The summed E-state index contributed by atoms with van der Waals surface area (Å²) in [5.41, 5.74) is 1.80. The first-order valence-electron chi connectivity index (χ1n) is 5.88. The molecule has 2 heterocycles. The summed E-state index contributed by atoms with van der Waals surface area (Å²) in [5.74, 6) is 0.903. The van der Waals surface area contributed by atoms with E-state index in [0.717, 1.165) is 30.3 Å². The van der Waals surface area contributed by atoms with Gasteiger partial charge in [-0.3, -0.25) is 9.78 Å². The number of nitrogens with zero attached hydrogens (tertiary/aromatic N) is 2. The summed E-state index contributed by atoms with van der Waals surface area (Å²) in [7, 11) is 0. The molecule has 0 N–H and O–H groups in total. The van der Waals surface area contributed by atoms with E-state index in [0.29, 0.717) is 0 Å². The molecular weight excluding hydrogens is 200 g/mol. The highest BCUT2D eigenvalue weighted by Gasteiger charge is 2.19. The van der Waals surface area contributed by atoms with E-state index in [1.807, 2.05) is 6.07 Å². The minimum atomic E-state index is 0.0988. The Morgan fingerprint density at radius 3 is 2.75 bits per heavy atom. The van der Waals surface area contributed by atoms with E-state index in [-0.39, 0.29) is 5.78 Å². The minimum Gasteiger partial charge on any atom is -0.371 e. The van der Waals surface area contributed by atoms with Crippen LogP contribution in [0.4, 0.5) is 5.69 Å². The predicted octanol–water partition coefficient (Wildman–Crippen LogP) is 2.52. The third-order valence-electron chi connectivity index (χ3n) is 3.30. The van der Waals surface area contributed by atoms with E-state index in [1.165, 1.54) is 12.8 Å². The van der Waals surface area contributed by atoms with Crippen molar-refractivity contribution >= 4 is 11.5 Å². The summed E-state index contributed by atoms with van der Waals surface area (Å²) in [6.07, 6.45) is 5.86. The van der Waals surface area contributed by atoms with E-state index >= 15 is 0 Å². The smallest absolute Gasteiger partial charge is 0.163 e. The Hall–Kier alpha value is -1.38. The topological polar surface area (TPSA) is 33.2 Å². The lowest BCUT2D eigenvalue weighted by molar-refractivity contribution is 0.101. The second-order valence-corrected chi connectivity index (χ2v) is 4.62. The van der Waals surface area contributed by atoms with Crippen molar-refractivity contribution in [1.82, 2.24) is 4.98 Å². The number of hydrogen-bond acceptors (Lipinski definition) is 3. The lowest BCUT2D eigenvalue weighted by Gasteiger charge is -2.33. The van der Waals surface area contributed by atoms with Crippen LogP contribution in [0.3, 0.4) is 0 Å². The molecule has 1 fully saturated rings. The number of hydrogen-bond donors (Lipinski definition) is 0. The van der Waals surface area contributed by atoms with Gasteiger partial charge in [0.25, 0.3) is 0 Å². The molecule has 3 heteroatoms. The van der Waals surface area contributed by atoms with E-state index in [2.05, 4.69) is 16.8 Å². The Balaban J connectivity index is 2.23. The van der Waals surface area contributed by atoms with E-state index < -0.39 is 0 Å². The fourth-order valence-corrected chi connectivity index (χ4v) is 2.18. The van der Waals surface area contributed by atoms with E-state index in [1.54, 1.807) is 19.3 Å². The zero-order valence-electron chi connectivity index (χ0n) is 9.94. The summed E-state index contributed by atoms with van der Waals surface area (Å²) in [6.45, 7) is 5.99. The van der Waals surface area contributed by atoms with Gasteiger partial charge in [0.2, 0.25) is 0 Å².